The predicted octanol–water partition coefficient (Wildman–Crippen LogP) is 6.24. The van der Waals surface area contributed by atoms with Gasteiger partial charge in [-0.2, -0.15) is 4.98 Å². The van der Waals surface area contributed by atoms with Crippen LogP contribution in [0.4, 0.5) is 0 Å². The van der Waals surface area contributed by atoms with Crippen molar-refractivity contribution in [1.29, 1.82) is 0 Å². The maximum atomic E-state index is 5.35. The van der Waals surface area contributed by atoms with E-state index in [0.717, 1.165) is 18.4 Å². The minimum Gasteiger partial charge on any atom is -0.339 e. The van der Waals surface area contributed by atoms with Crippen molar-refractivity contribution < 1.29 is 4.52 Å². The molecule has 1 aromatic rings. The first-order chi connectivity index (χ1) is 11.5. The standard InChI is InChI=1S/C21H30N2O/c1-6-7-8-9-11-16(4)19-14-18(13-10-12-17(19)5)20-22-21(15(2)3)24-23-20/h10,13-15,19H,4-9,11-12H2,1-3H3. The van der Waals surface area contributed by atoms with Crippen LogP contribution in [0.25, 0.3) is 5.57 Å². The molecule has 1 aliphatic rings. The summed E-state index contributed by atoms with van der Waals surface area (Å²) >= 11 is 0. The number of hydrogen-bond acceptors (Lipinski definition) is 3. The Balaban J connectivity index is 2.14. The van der Waals surface area contributed by atoms with Crippen LogP contribution < -0.4 is 0 Å². The Morgan fingerprint density at radius 3 is 2.79 bits per heavy atom. The highest BCUT2D eigenvalue weighted by Crippen LogP contribution is 2.32. The van der Waals surface area contributed by atoms with Gasteiger partial charge in [-0.25, -0.2) is 0 Å². The van der Waals surface area contributed by atoms with Crippen LogP contribution >= 0.6 is 0 Å². The molecule has 1 unspecified atom stereocenters. The molecule has 0 bridgehead atoms. The highest BCUT2D eigenvalue weighted by molar-refractivity contribution is 5.71. The molecule has 3 heteroatoms. The highest BCUT2D eigenvalue weighted by Gasteiger charge is 2.19. The number of allylic oxidation sites excluding steroid dienone is 6. The lowest BCUT2D eigenvalue weighted by molar-refractivity contribution is 0.363. The summed E-state index contributed by atoms with van der Waals surface area (Å²) in [5.41, 5.74) is 3.43. The molecule has 0 fully saturated rings. The van der Waals surface area contributed by atoms with E-state index >= 15 is 0 Å². The van der Waals surface area contributed by atoms with Gasteiger partial charge in [0.25, 0.3) is 0 Å². The molecule has 0 spiro atoms. The Morgan fingerprint density at radius 1 is 1.33 bits per heavy atom. The van der Waals surface area contributed by atoms with Crippen LogP contribution in [0.1, 0.15) is 76.9 Å². The first kappa shape index (κ1) is 18.4. The lowest BCUT2D eigenvalue weighted by Gasteiger charge is -2.17. The number of nitrogens with zero attached hydrogens (tertiary/aromatic N) is 2. The Labute approximate surface area is 146 Å². The summed E-state index contributed by atoms with van der Waals surface area (Å²) in [6, 6.07) is 0. The number of unbranched alkanes of at least 4 members (excludes halogenated alkanes) is 3. The molecule has 0 saturated carbocycles. The second kappa shape index (κ2) is 8.81. The maximum absolute atomic E-state index is 5.35. The quantitative estimate of drug-likeness (QED) is 0.419. The van der Waals surface area contributed by atoms with E-state index < -0.39 is 0 Å². The minimum atomic E-state index is 0.192. The van der Waals surface area contributed by atoms with Crippen molar-refractivity contribution in [1.82, 2.24) is 10.1 Å². The fourth-order valence-corrected chi connectivity index (χ4v) is 2.89. The van der Waals surface area contributed by atoms with E-state index in [1.54, 1.807) is 0 Å². The van der Waals surface area contributed by atoms with Crippen LogP contribution in [0.5, 0.6) is 0 Å². The molecular formula is C21H30N2O. The molecule has 1 aromatic heterocycles. The highest BCUT2D eigenvalue weighted by atomic mass is 16.5. The summed E-state index contributed by atoms with van der Waals surface area (Å²) in [4.78, 5) is 4.52. The van der Waals surface area contributed by atoms with Gasteiger partial charge in [-0.05, 0) is 19.3 Å². The van der Waals surface area contributed by atoms with Crippen molar-refractivity contribution >= 4 is 5.57 Å². The van der Waals surface area contributed by atoms with E-state index in [1.165, 1.54) is 36.8 Å². The van der Waals surface area contributed by atoms with Gasteiger partial charge in [0, 0.05) is 17.4 Å². The zero-order chi connectivity index (χ0) is 17.5. The van der Waals surface area contributed by atoms with Crippen molar-refractivity contribution in [3.05, 3.63) is 54.2 Å². The van der Waals surface area contributed by atoms with Crippen LogP contribution in [0, 0.1) is 5.92 Å². The fourth-order valence-electron chi connectivity index (χ4n) is 2.89. The van der Waals surface area contributed by atoms with Crippen LogP contribution in [-0.2, 0) is 0 Å². The second-order valence-corrected chi connectivity index (χ2v) is 6.94. The molecule has 2 rings (SSSR count). The third-order valence-corrected chi connectivity index (χ3v) is 4.45. The average molecular weight is 326 g/mol. The van der Waals surface area contributed by atoms with Crippen molar-refractivity contribution in [3.8, 4) is 0 Å². The number of rotatable bonds is 8. The zero-order valence-corrected chi connectivity index (χ0v) is 15.3. The van der Waals surface area contributed by atoms with E-state index in [4.69, 9.17) is 4.52 Å². The number of aromatic nitrogens is 2. The van der Waals surface area contributed by atoms with Gasteiger partial charge in [-0.3, -0.25) is 0 Å². The summed E-state index contributed by atoms with van der Waals surface area (Å²) < 4.78 is 5.35. The normalized spacial score (nSPS) is 17.9. The van der Waals surface area contributed by atoms with Crippen LogP contribution in [0.2, 0.25) is 0 Å². The molecule has 0 saturated heterocycles. The van der Waals surface area contributed by atoms with Crippen molar-refractivity contribution in [2.45, 2.75) is 65.2 Å². The molecular weight excluding hydrogens is 296 g/mol. The van der Waals surface area contributed by atoms with Gasteiger partial charge >= 0.3 is 0 Å². The first-order valence-electron chi connectivity index (χ1n) is 9.10. The average Bonchev–Trinajstić information content (AvgIpc) is 2.96. The monoisotopic (exact) mass is 326 g/mol. The fraction of sp³-hybridized carbons (Fsp3) is 0.524. The van der Waals surface area contributed by atoms with E-state index in [2.05, 4.69) is 62.3 Å². The largest absolute Gasteiger partial charge is 0.339 e. The van der Waals surface area contributed by atoms with Crippen LogP contribution in [-0.4, -0.2) is 10.1 Å². The van der Waals surface area contributed by atoms with Gasteiger partial charge in [-0.1, -0.05) is 87.7 Å². The molecule has 0 N–H and O–H groups in total. The Morgan fingerprint density at radius 2 is 2.12 bits per heavy atom. The first-order valence-corrected chi connectivity index (χ1v) is 9.10. The lowest BCUT2D eigenvalue weighted by atomic mass is 9.87. The molecule has 3 nitrogen and oxygen atoms in total. The summed E-state index contributed by atoms with van der Waals surface area (Å²) in [5.74, 6) is 1.77. The molecule has 0 aliphatic heterocycles. The third-order valence-electron chi connectivity index (χ3n) is 4.45. The zero-order valence-electron chi connectivity index (χ0n) is 15.3. The summed E-state index contributed by atoms with van der Waals surface area (Å²) in [7, 11) is 0. The van der Waals surface area contributed by atoms with E-state index in [0.29, 0.717) is 11.7 Å². The topological polar surface area (TPSA) is 38.9 Å². The van der Waals surface area contributed by atoms with Crippen molar-refractivity contribution in [2.75, 3.05) is 0 Å². The van der Waals surface area contributed by atoms with Crippen molar-refractivity contribution in [2.24, 2.45) is 5.92 Å². The molecule has 0 amide bonds. The van der Waals surface area contributed by atoms with Gasteiger partial charge in [0.2, 0.25) is 11.7 Å². The van der Waals surface area contributed by atoms with Crippen molar-refractivity contribution in [3.63, 3.8) is 0 Å². The molecule has 0 aromatic carbocycles. The van der Waals surface area contributed by atoms with E-state index in [9.17, 15) is 0 Å². The van der Waals surface area contributed by atoms with E-state index in [-0.39, 0.29) is 11.8 Å². The summed E-state index contributed by atoms with van der Waals surface area (Å²) in [6.45, 7) is 14.9. The Bertz CT molecular complexity index is 634. The Kier molecular flexibility index (Phi) is 6.77. The minimum absolute atomic E-state index is 0.192. The molecule has 130 valence electrons. The van der Waals surface area contributed by atoms with Gasteiger partial charge in [-0.15, -0.1) is 0 Å². The smallest absolute Gasteiger partial charge is 0.229 e. The number of hydrogen-bond donors (Lipinski definition) is 0. The van der Waals surface area contributed by atoms with Gasteiger partial charge < -0.3 is 4.52 Å². The maximum Gasteiger partial charge on any atom is 0.229 e. The molecule has 1 aliphatic carbocycles. The SMILES string of the molecule is C=C1CC=CC(c2noc(C(C)C)n2)=CC1C(=C)CCCCCC. The predicted molar refractivity (Wildman–Crippen MR) is 101 cm³/mol. The molecule has 24 heavy (non-hydrogen) atoms. The van der Waals surface area contributed by atoms with Gasteiger partial charge in [0.05, 0.1) is 0 Å². The van der Waals surface area contributed by atoms with E-state index in [1.807, 2.05) is 0 Å². The third kappa shape index (κ3) is 4.80. The van der Waals surface area contributed by atoms with Crippen LogP contribution in [0.3, 0.4) is 0 Å². The van der Waals surface area contributed by atoms with Gasteiger partial charge in [0.1, 0.15) is 0 Å². The Hall–Kier alpha value is -1.90. The van der Waals surface area contributed by atoms with Crippen LogP contribution in [0.15, 0.2) is 47.1 Å². The van der Waals surface area contributed by atoms with Gasteiger partial charge in [0.15, 0.2) is 0 Å². The molecule has 0 radical (unpaired) electrons. The molecule has 1 heterocycles. The molecule has 1 atom stereocenters. The lowest BCUT2D eigenvalue weighted by Crippen LogP contribution is -2.04. The summed E-state index contributed by atoms with van der Waals surface area (Å²) in [5, 5.41) is 4.14. The second-order valence-electron chi connectivity index (χ2n) is 6.94. The summed E-state index contributed by atoms with van der Waals surface area (Å²) in [6.07, 6.45) is 13.3.